The van der Waals surface area contributed by atoms with E-state index in [1.165, 1.54) is 6.42 Å². The van der Waals surface area contributed by atoms with Crippen LogP contribution in [0.1, 0.15) is 52.4 Å². The van der Waals surface area contributed by atoms with Crippen LogP contribution in [0.3, 0.4) is 0 Å². The lowest BCUT2D eigenvalue weighted by molar-refractivity contribution is -0.129. The minimum atomic E-state index is -0.756. The van der Waals surface area contributed by atoms with Crippen LogP contribution >= 0.6 is 0 Å². The zero-order chi connectivity index (χ0) is 15.5. The third kappa shape index (κ3) is 3.96. The highest BCUT2D eigenvalue weighted by Crippen LogP contribution is 2.33. The van der Waals surface area contributed by atoms with Crippen molar-refractivity contribution < 1.29 is 14.7 Å². The van der Waals surface area contributed by atoms with E-state index >= 15 is 0 Å². The van der Waals surface area contributed by atoms with Crippen molar-refractivity contribution in [3.05, 3.63) is 0 Å². The maximum absolute atomic E-state index is 12.2. The molecule has 1 atom stereocenters. The van der Waals surface area contributed by atoms with E-state index in [0.29, 0.717) is 32.0 Å². The van der Waals surface area contributed by atoms with Gasteiger partial charge in [0.05, 0.1) is 11.5 Å². The molecule has 5 nitrogen and oxygen atoms in total. The summed E-state index contributed by atoms with van der Waals surface area (Å²) in [5, 5.41) is 13.4. The maximum Gasteiger partial charge on any atom is 0.225 e. The van der Waals surface area contributed by atoms with Crippen molar-refractivity contribution in [2.75, 3.05) is 19.6 Å². The molecule has 1 saturated carbocycles. The molecule has 21 heavy (non-hydrogen) atoms. The largest absolute Gasteiger partial charge is 0.388 e. The normalized spacial score (nSPS) is 33.3. The van der Waals surface area contributed by atoms with Gasteiger partial charge in [-0.25, -0.2) is 0 Å². The summed E-state index contributed by atoms with van der Waals surface area (Å²) in [5.74, 6) is 0.421. The van der Waals surface area contributed by atoms with E-state index in [9.17, 15) is 14.7 Å². The van der Waals surface area contributed by atoms with Crippen molar-refractivity contribution in [1.29, 1.82) is 0 Å². The Morgan fingerprint density at radius 1 is 1.38 bits per heavy atom. The monoisotopic (exact) mass is 296 g/mol. The van der Waals surface area contributed by atoms with Crippen LogP contribution in [0, 0.1) is 11.8 Å². The number of nitrogens with zero attached hydrogens (tertiary/aromatic N) is 1. The molecule has 0 aromatic heterocycles. The van der Waals surface area contributed by atoms with Crippen LogP contribution in [0.25, 0.3) is 0 Å². The Morgan fingerprint density at radius 3 is 2.57 bits per heavy atom. The van der Waals surface area contributed by atoms with Gasteiger partial charge in [-0.1, -0.05) is 13.3 Å². The van der Waals surface area contributed by atoms with Crippen molar-refractivity contribution in [1.82, 2.24) is 10.2 Å². The van der Waals surface area contributed by atoms with E-state index in [4.69, 9.17) is 0 Å². The van der Waals surface area contributed by atoms with Gasteiger partial charge in [0.1, 0.15) is 0 Å². The van der Waals surface area contributed by atoms with E-state index in [2.05, 4.69) is 12.2 Å². The Kier molecular flexibility index (Phi) is 5.25. The highest BCUT2D eigenvalue weighted by molar-refractivity contribution is 5.89. The molecule has 0 radical (unpaired) electrons. The summed E-state index contributed by atoms with van der Waals surface area (Å²) in [4.78, 5) is 25.5. The molecule has 5 heteroatoms. The summed E-state index contributed by atoms with van der Waals surface area (Å²) in [5.41, 5.74) is -0.756. The maximum atomic E-state index is 12.2. The fourth-order valence-corrected chi connectivity index (χ4v) is 3.45. The SMILES string of the molecule is CCC1CCC(O)(CNC(=O)C2CC(=O)N(CC)C2)CC1. The van der Waals surface area contributed by atoms with Crippen molar-refractivity contribution in [2.24, 2.45) is 11.8 Å². The first-order chi connectivity index (χ1) is 9.97. The van der Waals surface area contributed by atoms with Gasteiger partial charge in [0.25, 0.3) is 0 Å². The molecule has 120 valence electrons. The number of nitrogens with one attached hydrogen (secondary N) is 1. The van der Waals surface area contributed by atoms with Gasteiger partial charge in [0.15, 0.2) is 0 Å². The van der Waals surface area contributed by atoms with Crippen LogP contribution < -0.4 is 5.32 Å². The van der Waals surface area contributed by atoms with Crippen LogP contribution in [-0.4, -0.2) is 47.1 Å². The van der Waals surface area contributed by atoms with Gasteiger partial charge < -0.3 is 15.3 Å². The van der Waals surface area contributed by atoms with Crippen LogP contribution in [0.15, 0.2) is 0 Å². The molecule has 0 aromatic rings. The molecule has 1 aliphatic carbocycles. The highest BCUT2D eigenvalue weighted by atomic mass is 16.3. The molecule has 1 aliphatic heterocycles. The zero-order valence-corrected chi connectivity index (χ0v) is 13.2. The molecule has 0 spiro atoms. The van der Waals surface area contributed by atoms with Gasteiger partial charge in [-0.15, -0.1) is 0 Å². The standard InChI is InChI=1S/C16H28N2O3/c1-3-12-5-7-16(21,8-6-12)11-17-15(20)13-9-14(19)18(4-2)10-13/h12-13,21H,3-11H2,1-2H3,(H,17,20). The Labute approximate surface area is 127 Å². The van der Waals surface area contributed by atoms with E-state index in [0.717, 1.165) is 25.7 Å². The molecule has 2 aliphatic rings. The van der Waals surface area contributed by atoms with Gasteiger partial charge in [-0.05, 0) is 38.5 Å². The molecule has 0 bridgehead atoms. The summed E-state index contributed by atoms with van der Waals surface area (Å²) in [6.07, 6.45) is 5.06. The van der Waals surface area contributed by atoms with Crippen LogP contribution in [0.2, 0.25) is 0 Å². The Bertz CT molecular complexity index is 389. The number of aliphatic hydroxyl groups is 1. The Morgan fingerprint density at radius 2 is 2.05 bits per heavy atom. The van der Waals surface area contributed by atoms with Gasteiger partial charge in [-0.3, -0.25) is 9.59 Å². The number of carbonyl (C=O) groups excluding carboxylic acids is 2. The van der Waals surface area contributed by atoms with Crippen LogP contribution in [0.5, 0.6) is 0 Å². The molecule has 2 N–H and O–H groups in total. The van der Waals surface area contributed by atoms with Gasteiger partial charge >= 0.3 is 0 Å². The van der Waals surface area contributed by atoms with E-state index in [-0.39, 0.29) is 17.7 Å². The first-order valence-electron chi connectivity index (χ1n) is 8.25. The first kappa shape index (κ1) is 16.3. The smallest absolute Gasteiger partial charge is 0.225 e. The number of carbonyl (C=O) groups is 2. The summed E-state index contributed by atoms with van der Waals surface area (Å²) in [7, 11) is 0. The molecular formula is C16H28N2O3. The summed E-state index contributed by atoms with van der Waals surface area (Å²) < 4.78 is 0. The summed E-state index contributed by atoms with van der Waals surface area (Å²) >= 11 is 0. The summed E-state index contributed by atoms with van der Waals surface area (Å²) in [6, 6.07) is 0. The third-order valence-electron chi connectivity index (χ3n) is 5.17. The number of hydrogen-bond donors (Lipinski definition) is 2. The van der Waals surface area contributed by atoms with E-state index in [1.54, 1.807) is 4.90 Å². The predicted molar refractivity (Wildman–Crippen MR) is 80.6 cm³/mol. The quantitative estimate of drug-likeness (QED) is 0.803. The summed E-state index contributed by atoms with van der Waals surface area (Å²) in [6.45, 7) is 5.60. The number of rotatable bonds is 5. The minimum absolute atomic E-state index is 0.0554. The van der Waals surface area contributed by atoms with Crippen LogP contribution in [0.4, 0.5) is 0 Å². The van der Waals surface area contributed by atoms with E-state index in [1.807, 2.05) is 6.92 Å². The molecule has 1 unspecified atom stereocenters. The van der Waals surface area contributed by atoms with E-state index < -0.39 is 5.60 Å². The third-order valence-corrected chi connectivity index (χ3v) is 5.17. The molecule has 2 rings (SSSR count). The molecule has 2 amide bonds. The first-order valence-corrected chi connectivity index (χ1v) is 8.25. The molecule has 1 saturated heterocycles. The minimum Gasteiger partial charge on any atom is -0.388 e. The zero-order valence-electron chi connectivity index (χ0n) is 13.2. The van der Waals surface area contributed by atoms with Gasteiger partial charge in [0, 0.05) is 26.1 Å². The highest BCUT2D eigenvalue weighted by Gasteiger charge is 2.36. The average molecular weight is 296 g/mol. The fraction of sp³-hybridized carbons (Fsp3) is 0.875. The van der Waals surface area contributed by atoms with Crippen molar-refractivity contribution >= 4 is 11.8 Å². The van der Waals surface area contributed by atoms with Crippen LogP contribution in [-0.2, 0) is 9.59 Å². The van der Waals surface area contributed by atoms with Crippen molar-refractivity contribution in [2.45, 2.75) is 58.0 Å². The average Bonchev–Trinajstić information content (AvgIpc) is 2.87. The lowest BCUT2D eigenvalue weighted by atomic mass is 9.78. The second kappa shape index (κ2) is 6.77. The van der Waals surface area contributed by atoms with Crippen molar-refractivity contribution in [3.8, 4) is 0 Å². The van der Waals surface area contributed by atoms with Gasteiger partial charge in [0.2, 0.25) is 11.8 Å². The predicted octanol–water partition coefficient (Wildman–Crippen LogP) is 1.30. The van der Waals surface area contributed by atoms with Gasteiger partial charge in [-0.2, -0.15) is 0 Å². The lowest BCUT2D eigenvalue weighted by Crippen LogP contribution is -2.47. The lowest BCUT2D eigenvalue weighted by Gasteiger charge is -2.36. The number of likely N-dealkylation sites (tertiary alicyclic amines) is 1. The Balaban J connectivity index is 1.78. The fourth-order valence-electron chi connectivity index (χ4n) is 3.45. The molecular weight excluding hydrogens is 268 g/mol. The topological polar surface area (TPSA) is 69.6 Å². The number of amides is 2. The molecule has 1 heterocycles. The number of hydrogen-bond acceptors (Lipinski definition) is 3. The molecule has 0 aromatic carbocycles. The second-order valence-electron chi connectivity index (χ2n) is 6.63. The second-order valence-corrected chi connectivity index (χ2v) is 6.63. The Hall–Kier alpha value is -1.10. The molecule has 2 fully saturated rings. The van der Waals surface area contributed by atoms with Crippen molar-refractivity contribution in [3.63, 3.8) is 0 Å².